The molecular weight excluding hydrogens is 268 g/mol. The van der Waals surface area contributed by atoms with Crippen molar-refractivity contribution in [3.8, 4) is 0 Å². The minimum atomic E-state index is -4.25. The van der Waals surface area contributed by atoms with Gasteiger partial charge in [0, 0.05) is 0 Å². The van der Waals surface area contributed by atoms with Gasteiger partial charge < -0.3 is 9.79 Å². The van der Waals surface area contributed by atoms with Crippen LogP contribution in [0.4, 0.5) is 0 Å². The van der Waals surface area contributed by atoms with E-state index in [1.54, 1.807) is 0 Å². The van der Waals surface area contributed by atoms with Crippen LogP contribution in [0.2, 0.25) is 0 Å². The summed E-state index contributed by atoms with van der Waals surface area (Å²) in [6.07, 6.45) is 1.26. The Labute approximate surface area is 93.6 Å². The molecule has 0 aliphatic heterocycles. The first kappa shape index (κ1) is 13.0. The Bertz CT molecular complexity index is 119. The van der Waals surface area contributed by atoms with Gasteiger partial charge >= 0.3 is 56.7 Å². The summed E-state index contributed by atoms with van der Waals surface area (Å²) in [5.41, 5.74) is 0. The predicted octanol–water partition coefficient (Wildman–Crippen LogP) is -0.635. The summed E-state index contributed by atoms with van der Waals surface area (Å²) in [6, 6.07) is 0. The van der Waals surface area contributed by atoms with Gasteiger partial charge in [-0.1, -0.05) is 6.08 Å². The second kappa shape index (κ2) is 6.15. The molecule has 0 aromatic heterocycles. The van der Waals surface area contributed by atoms with Gasteiger partial charge in [0.1, 0.15) is 0 Å². The summed E-state index contributed by atoms with van der Waals surface area (Å²) in [6.45, 7) is 3.07. The molecule has 4 nitrogen and oxygen atoms in total. The molecule has 0 bridgehead atoms. The van der Waals surface area contributed by atoms with Gasteiger partial charge in [-0.15, -0.1) is 6.58 Å². The number of rotatable bonds is 3. The summed E-state index contributed by atoms with van der Waals surface area (Å²) in [7, 11) is -4.25. The number of hydrogen-bond acceptors (Lipinski definition) is 2. The summed E-state index contributed by atoms with van der Waals surface area (Å²) >= 11 is 0. The third kappa shape index (κ3) is 12.6. The third-order valence-corrected chi connectivity index (χ3v) is 0.846. The van der Waals surface area contributed by atoms with Crippen molar-refractivity contribution < 1.29 is 18.9 Å². The molecule has 0 saturated heterocycles. The van der Waals surface area contributed by atoms with Crippen molar-refractivity contribution in [3.63, 3.8) is 0 Å². The Hall–Kier alpha value is 1.42. The second-order valence-corrected chi connectivity index (χ2v) is 2.31. The molecule has 0 fully saturated rings. The molecule has 0 radical (unpaired) electrons. The van der Waals surface area contributed by atoms with Crippen molar-refractivity contribution in [3.05, 3.63) is 12.7 Å². The van der Waals surface area contributed by atoms with E-state index in [4.69, 9.17) is 9.79 Å². The molecule has 0 rings (SSSR count). The van der Waals surface area contributed by atoms with Crippen LogP contribution >= 0.6 is 7.82 Å². The predicted molar refractivity (Wildman–Crippen MR) is 36.7 cm³/mol. The van der Waals surface area contributed by atoms with E-state index in [0.29, 0.717) is 0 Å². The normalized spacial score (nSPS) is 10.0. The van der Waals surface area contributed by atoms with Gasteiger partial charge in [-0.3, -0.25) is 4.52 Å². The molecule has 52 valence electrons. The monoisotopic (exact) mass is 278 g/mol. The molecule has 0 atom stereocenters. The van der Waals surface area contributed by atoms with E-state index in [0.717, 1.165) is 0 Å². The van der Waals surface area contributed by atoms with Crippen LogP contribution in [0.15, 0.2) is 12.7 Å². The van der Waals surface area contributed by atoms with E-state index in [2.05, 4.69) is 11.1 Å². The van der Waals surface area contributed by atoms with Gasteiger partial charge in [-0.05, 0) is 0 Å². The topological polar surface area (TPSA) is 66.8 Å². The van der Waals surface area contributed by atoms with Crippen LogP contribution in [0.5, 0.6) is 0 Å². The zero-order valence-corrected chi connectivity index (χ0v) is 5.04. The van der Waals surface area contributed by atoms with E-state index >= 15 is 0 Å². The van der Waals surface area contributed by atoms with Crippen molar-refractivity contribution in [2.75, 3.05) is 6.61 Å². The van der Waals surface area contributed by atoms with Crippen LogP contribution in [-0.4, -0.2) is 65.3 Å². The number of phosphoric ester groups is 1. The van der Waals surface area contributed by atoms with Crippen LogP contribution in [0, 0.1) is 0 Å². The second-order valence-electron chi connectivity index (χ2n) is 1.08. The summed E-state index contributed by atoms with van der Waals surface area (Å²) in [4.78, 5) is 16.0. The first-order valence-electron chi connectivity index (χ1n) is 1.87. The molecule has 6 heteroatoms. The van der Waals surface area contributed by atoms with Crippen molar-refractivity contribution in [1.82, 2.24) is 0 Å². The number of hydrogen-bond donors (Lipinski definition) is 2. The van der Waals surface area contributed by atoms with Crippen molar-refractivity contribution >= 4 is 56.7 Å². The van der Waals surface area contributed by atoms with Gasteiger partial charge in [-0.2, -0.15) is 0 Å². The van der Waals surface area contributed by atoms with Gasteiger partial charge in [0.2, 0.25) is 0 Å². The van der Waals surface area contributed by atoms with Crippen molar-refractivity contribution in [1.29, 1.82) is 0 Å². The molecule has 0 unspecified atom stereocenters. The fourth-order valence-electron chi connectivity index (χ4n) is 0.150. The Morgan fingerprint density at radius 2 is 2.11 bits per heavy atom. The van der Waals surface area contributed by atoms with Crippen molar-refractivity contribution in [2.45, 2.75) is 0 Å². The fourth-order valence-corrected chi connectivity index (χ4v) is 0.449. The Kier molecular flexibility index (Phi) is 8.92. The molecule has 0 spiro atoms. The van der Waals surface area contributed by atoms with Crippen LogP contribution in [0.1, 0.15) is 0 Å². The molecule has 0 aliphatic carbocycles. The first-order valence-corrected chi connectivity index (χ1v) is 3.40. The van der Waals surface area contributed by atoms with Gasteiger partial charge in [-0.25, -0.2) is 4.57 Å². The van der Waals surface area contributed by atoms with Crippen LogP contribution in [0.3, 0.4) is 0 Å². The van der Waals surface area contributed by atoms with E-state index < -0.39 is 7.82 Å². The quantitative estimate of drug-likeness (QED) is 0.409. The van der Waals surface area contributed by atoms with E-state index in [1.165, 1.54) is 6.08 Å². The molecule has 2 N–H and O–H groups in total. The van der Waals surface area contributed by atoms with Crippen LogP contribution in [-0.2, 0) is 9.09 Å². The summed E-state index contributed by atoms with van der Waals surface area (Å²) in [5.74, 6) is 0. The third-order valence-electron chi connectivity index (χ3n) is 0.361. The molecule has 0 amide bonds. The van der Waals surface area contributed by atoms with Gasteiger partial charge in [0.25, 0.3) is 0 Å². The average Bonchev–Trinajstić information content (AvgIpc) is 1.59. The van der Waals surface area contributed by atoms with Crippen LogP contribution in [0.25, 0.3) is 0 Å². The molecule has 0 aromatic carbocycles. The van der Waals surface area contributed by atoms with Gasteiger partial charge in [0.15, 0.2) is 0 Å². The Morgan fingerprint density at radius 1 is 1.67 bits per heavy atom. The summed E-state index contributed by atoms with van der Waals surface area (Å²) < 4.78 is 13.7. The molecule has 0 saturated carbocycles. The van der Waals surface area contributed by atoms with E-state index in [1.807, 2.05) is 0 Å². The number of phosphoric acid groups is 1. The zero-order valence-electron chi connectivity index (χ0n) is 4.15. The molecule has 9 heavy (non-hydrogen) atoms. The maximum absolute atomic E-state index is 9.81. The van der Waals surface area contributed by atoms with Gasteiger partial charge in [0.05, 0.1) is 6.61 Å². The standard InChI is InChI=1S/C3H7O4P.Ba.2H/c1-2-3-7-8(4,5)6;;;/h2H,1,3H2,(H2,4,5,6);;;. The molecular formula is C3H9BaO4P. The minimum absolute atomic E-state index is 0. The Balaban J connectivity index is 0. The fraction of sp³-hybridized carbons (Fsp3) is 0.333. The van der Waals surface area contributed by atoms with E-state index in [-0.39, 0.29) is 55.5 Å². The molecule has 0 heterocycles. The van der Waals surface area contributed by atoms with Crippen LogP contribution < -0.4 is 0 Å². The maximum atomic E-state index is 9.81. The molecule has 0 aliphatic rings. The van der Waals surface area contributed by atoms with Crippen molar-refractivity contribution in [2.24, 2.45) is 0 Å². The first-order chi connectivity index (χ1) is 3.56. The SMILES string of the molecule is C=CCOP(=O)(O)O.[BaH2]. The zero-order chi connectivity index (χ0) is 6.62. The average molecular weight is 277 g/mol. The molecule has 0 aromatic rings. The van der Waals surface area contributed by atoms with E-state index in [9.17, 15) is 4.57 Å². The Morgan fingerprint density at radius 3 is 2.22 bits per heavy atom. The summed E-state index contributed by atoms with van der Waals surface area (Å²) in [5, 5.41) is 0.